The molecule has 3 aliphatic rings. The van der Waals surface area contributed by atoms with Gasteiger partial charge in [-0.05, 0) is 96.1 Å². The summed E-state index contributed by atoms with van der Waals surface area (Å²) in [5.41, 5.74) is 4.00. The third kappa shape index (κ3) is 7.13. The van der Waals surface area contributed by atoms with Gasteiger partial charge in [-0.15, -0.1) is 0 Å². The normalized spacial score (nSPS) is 30.1. The highest BCUT2D eigenvalue weighted by molar-refractivity contribution is 5.90. The maximum atomic E-state index is 13.3. The molecule has 0 radical (unpaired) electrons. The van der Waals surface area contributed by atoms with Gasteiger partial charge in [0.2, 0.25) is 6.29 Å². The number of carbonyl (C=O) groups is 1. The molecule has 4 N–H and O–H groups in total. The lowest BCUT2D eigenvalue weighted by Gasteiger charge is -2.40. The first-order chi connectivity index (χ1) is 19.1. The number of carbonyl (C=O) groups excluding carboxylic acids is 1. The molecule has 1 unspecified atom stereocenters. The Bertz CT molecular complexity index is 1050. The van der Waals surface area contributed by atoms with Crippen molar-refractivity contribution in [3.63, 3.8) is 0 Å². The average Bonchev–Trinajstić information content (AvgIpc) is 3.54. The van der Waals surface area contributed by atoms with Gasteiger partial charge in [-0.3, -0.25) is 4.90 Å². The Hall–Kier alpha value is -2.27. The molecule has 9 nitrogen and oxygen atoms in total. The zero-order valence-corrected chi connectivity index (χ0v) is 24.1. The Balaban J connectivity index is 1.63. The Kier molecular flexibility index (Phi) is 10.4. The molecule has 3 heterocycles. The molecule has 0 spiro atoms. The molecule has 7 atom stereocenters. The van der Waals surface area contributed by atoms with Crippen molar-refractivity contribution in [2.45, 2.75) is 96.5 Å². The molecular formula is C31H45NO8. The number of fused-ring (bicyclic) bond motifs is 1. The summed E-state index contributed by atoms with van der Waals surface area (Å²) in [6, 6.07) is 4.01. The molecule has 1 aromatic carbocycles. The Morgan fingerprint density at radius 2 is 1.62 bits per heavy atom. The van der Waals surface area contributed by atoms with Crippen LogP contribution in [0.25, 0.3) is 0 Å². The van der Waals surface area contributed by atoms with Crippen LogP contribution >= 0.6 is 0 Å². The number of hydrogen-bond acceptors (Lipinski definition) is 9. The smallest absolute Gasteiger partial charge is 0.338 e. The Morgan fingerprint density at radius 1 is 0.975 bits per heavy atom. The van der Waals surface area contributed by atoms with Crippen LogP contribution in [0.5, 0.6) is 5.75 Å². The minimum atomic E-state index is -1.56. The van der Waals surface area contributed by atoms with Gasteiger partial charge in [-0.1, -0.05) is 23.3 Å². The minimum Gasteiger partial charge on any atom is -0.462 e. The predicted octanol–water partition coefficient (Wildman–Crippen LogP) is 2.52. The fraction of sp³-hybridized carbons (Fsp3) is 0.645. The highest BCUT2D eigenvalue weighted by Crippen LogP contribution is 2.35. The molecular weight excluding hydrogens is 514 g/mol. The number of nitrogens with zero attached hydrogens (tertiary/aromatic N) is 1. The summed E-state index contributed by atoms with van der Waals surface area (Å²) < 4.78 is 17.7. The number of allylic oxidation sites excluding steroid dienone is 4. The lowest BCUT2D eigenvalue weighted by Crippen LogP contribution is -2.60. The van der Waals surface area contributed by atoms with Gasteiger partial charge in [0, 0.05) is 12.0 Å². The molecule has 9 heteroatoms. The number of esters is 1. The number of rotatable bonds is 10. The molecule has 0 aromatic heterocycles. The molecule has 0 aliphatic carbocycles. The molecule has 1 aromatic rings. The average molecular weight is 560 g/mol. The van der Waals surface area contributed by atoms with Gasteiger partial charge in [0.05, 0.1) is 18.8 Å². The van der Waals surface area contributed by atoms with Gasteiger partial charge in [0.1, 0.15) is 30.2 Å². The van der Waals surface area contributed by atoms with Gasteiger partial charge in [-0.2, -0.15) is 0 Å². The second-order valence-electron chi connectivity index (χ2n) is 11.8. The van der Waals surface area contributed by atoms with Crippen molar-refractivity contribution in [3.05, 3.63) is 52.1 Å². The SMILES string of the molecule is CC(C)=CCc1cc(C(=O)OCC2CCN3CCC[C@H]23)cc(CC=C(C)C)c1O[C@H]1O[C@H](CO)[C@@H](O)[C@H](O)[C@H]1O. The summed E-state index contributed by atoms with van der Waals surface area (Å²) in [7, 11) is 0. The van der Waals surface area contributed by atoms with Gasteiger partial charge >= 0.3 is 5.97 Å². The van der Waals surface area contributed by atoms with Crippen LogP contribution in [0.4, 0.5) is 0 Å². The van der Waals surface area contributed by atoms with Crippen LogP contribution in [-0.2, 0) is 22.3 Å². The lowest BCUT2D eigenvalue weighted by atomic mass is 9.97. The largest absolute Gasteiger partial charge is 0.462 e. The molecule has 0 saturated carbocycles. The quantitative estimate of drug-likeness (QED) is 0.252. The minimum absolute atomic E-state index is 0.357. The molecule has 3 fully saturated rings. The zero-order chi connectivity index (χ0) is 29.0. The van der Waals surface area contributed by atoms with Crippen molar-refractivity contribution in [3.8, 4) is 5.75 Å². The van der Waals surface area contributed by atoms with Crippen molar-refractivity contribution in [1.82, 2.24) is 4.90 Å². The molecule has 40 heavy (non-hydrogen) atoms. The second-order valence-corrected chi connectivity index (χ2v) is 11.8. The fourth-order valence-corrected chi connectivity index (χ4v) is 5.88. The van der Waals surface area contributed by atoms with Crippen molar-refractivity contribution in [2.24, 2.45) is 5.92 Å². The maximum Gasteiger partial charge on any atom is 0.338 e. The lowest BCUT2D eigenvalue weighted by molar-refractivity contribution is -0.277. The van der Waals surface area contributed by atoms with Gasteiger partial charge < -0.3 is 34.6 Å². The van der Waals surface area contributed by atoms with Crippen LogP contribution in [0.1, 0.15) is 68.4 Å². The van der Waals surface area contributed by atoms with E-state index in [2.05, 4.69) is 4.90 Å². The molecule has 4 rings (SSSR count). The van der Waals surface area contributed by atoms with E-state index in [4.69, 9.17) is 14.2 Å². The second kappa shape index (κ2) is 13.6. The third-order valence-electron chi connectivity index (χ3n) is 8.20. The highest BCUT2D eigenvalue weighted by atomic mass is 16.7. The maximum absolute atomic E-state index is 13.3. The van der Waals surface area contributed by atoms with E-state index in [-0.39, 0.29) is 5.97 Å². The summed E-state index contributed by atoms with van der Waals surface area (Å²) in [5, 5.41) is 40.8. The molecule has 3 saturated heterocycles. The molecule has 222 valence electrons. The van der Waals surface area contributed by atoms with Gasteiger partial charge in [-0.25, -0.2) is 4.79 Å². The Labute approximate surface area is 237 Å². The highest BCUT2D eigenvalue weighted by Gasteiger charge is 2.45. The van der Waals surface area contributed by atoms with Gasteiger partial charge in [0.15, 0.2) is 0 Å². The van der Waals surface area contributed by atoms with Crippen LogP contribution in [-0.4, -0.2) is 94.3 Å². The van der Waals surface area contributed by atoms with Crippen molar-refractivity contribution in [2.75, 3.05) is 26.3 Å². The number of benzene rings is 1. The van der Waals surface area contributed by atoms with Crippen LogP contribution in [0.3, 0.4) is 0 Å². The fourth-order valence-electron chi connectivity index (χ4n) is 5.88. The van der Waals surface area contributed by atoms with Gasteiger partial charge in [0.25, 0.3) is 0 Å². The number of hydrogen-bond donors (Lipinski definition) is 4. The molecule has 0 amide bonds. The summed E-state index contributed by atoms with van der Waals surface area (Å²) >= 11 is 0. The summed E-state index contributed by atoms with van der Waals surface area (Å²) in [5.74, 6) is 0.400. The molecule has 0 bridgehead atoms. The number of aliphatic hydroxyl groups is 4. The first kappa shape index (κ1) is 30.7. The van der Waals surface area contributed by atoms with E-state index in [1.165, 1.54) is 6.42 Å². The van der Waals surface area contributed by atoms with Crippen LogP contribution in [0, 0.1) is 5.92 Å². The van der Waals surface area contributed by atoms with E-state index in [0.717, 1.165) is 37.1 Å². The standard InChI is InChI=1S/C31H45NO8/c1-18(2)7-9-20-14-23(30(37)38-17-22-11-13-32-12-5-6-24(22)32)15-21(10-8-19(3)4)29(20)40-31-28(36)27(35)26(34)25(16-33)39-31/h7-8,14-15,22,24-28,31,33-36H,5-6,9-13,16-17H2,1-4H3/t22?,24-,25-,26-,27+,28-,31-/m1/s1. The number of aliphatic hydroxyl groups excluding tert-OH is 4. The molecule has 3 aliphatic heterocycles. The van der Waals surface area contributed by atoms with E-state index in [9.17, 15) is 25.2 Å². The Morgan fingerprint density at radius 3 is 2.23 bits per heavy atom. The summed E-state index contributed by atoms with van der Waals surface area (Å²) in [6.07, 6.45) is 1.34. The van der Waals surface area contributed by atoms with Crippen molar-refractivity contribution in [1.29, 1.82) is 0 Å². The predicted molar refractivity (Wildman–Crippen MR) is 150 cm³/mol. The van der Waals surface area contributed by atoms with E-state index >= 15 is 0 Å². The van der Waals surface area contributed by atoms with Crippen LogP contribution in [0.15, 0.2) is 35.4 Å². The number of ether oxygens (including phenoxy) is 3. The third-order valence-corrected chi connectivity index (χ3v) is 8.20. The first-order valence-electron chi connectivity index (χ1n) is 14.4. The van der Waals surface area contributed by atoms with Crippen LogP contribution in [0.2, 0.25) is 0 Å². The van der Waals surface area contributed by atoms with E-state index in [1.807, 2.05) is 39.8 Å². The van der Waals surface area contributed by atoms with E-state index in [1.54, 1.807) is 12.1 Å². The van der Waals surface area contributed by atoms with E-state index in [0.29, 0.717) is 53.8 Å². The van der Waals surface area contributed by atoms with Crippen LogP contribution < -0.4 is 4.74 Å². The first-order valence-corrected chi connectivity index (χ1v) is 14.4. The monoisotopic (exact) mass is 559 g/mol. The topological polar surface area (TPSA) is 129 Å². The van der Waals surface area contributed by atoms with E-state index < -0.39 is 37.3 Å². The summed E-state index contributed by atoms with van der Waals surface area (Å²) in [4.78, 5) is 15.8. The van der Waals surface area contributed by atoms with Crippen molar-refractivity contribution < 1.29 is 39.4 Å². The summed E-state index contributed by atoms with van der Waals surface area (Å²) in [6.45, 7) is 9.97. The zero-order valence-electron chi connectivity index (χ0n) is 24.1. The van der Waals surface area contributed by atoms with Crippen molar-refractivity contribution >= 4 is 5.97 Å².